The molecule has 1 atom stereocenters. The largest absolute Gasteiger partial charge is 0.416 e. The van der Waals surface area contributed by atoms with E-state index in [0.29, 0.717) is 18.7 Å². The van der Waals surface area contributed by atoms with Crippen LogP contribution >= 0.6 is 0 Å². The number of nitrogens with one attached hydrogen (secondary N) is 1. The average Bonchev–Trinajstić information content (AvgIpc) is 3.09. The molecule has 1 aliphatic rings. The lowest BCUT2D eigenvalue weighted by Crippen LogP contribution is -2.25. The summed E-state index contributed by atoms with van der Waals surface area (Å²) in [5, 5.41) is 2.39. The zero-order valence-electron chi connectivity index (χ0n) is 15.4. The van der Waals surface area contributed by atoms with E-state index in [9.17, 15) is 22.4 Å². The molecule has 0 saturated carbocycles. The maximum absolute atomic E-state index is 13.5. The fourth-order valence-corrected chi connectivity index (χ4v) is 3.48. The first-order chi connectivity index (χ1) is 13.2. The van der Waals surface area contributed by atoms with E-state index < -0.39 is 17.6 Å². The van der Waals surface area contributed by atoms with Crippen molar-refractivity contribution >= 4 is 5.91 Å². The van der Waals surface area contributed by atoms with Gasteiger partial charge in [0.2, 0.25) is 5.91 Å². The Morgan fingerprint density at radius 3 is 2.64 bits per heavy atom. The number of carbonyl (C=O) groups excluding carboxylic acids is 1. The third kappa shape index (κ3) is 4.86. The molecule has 8 heteroatoms. The van der Waals surface area contributed by atoms with Gasteiger partial charge in [-0.15, -0.1) is 0 Å². The van der Waals surface area contributed by atoms with Crippen molar-refractivity contribution in [1.29, 1.82) is 0 Å². The van der Waals surface area contributed by atoms with Gasteiger partial charge in [0.1, 0.15) is 5.82 Å². The summed E-state index contributed by atoms with van der Waals surface area (Å²) in [5.41, 5.74) is 0.416. The number of amides is 1. The van der Waals surface area contributed by atoms with Gasteiger partial charge in [-0.1, -0.05) is 12.1 Å². The molecule has 0 bridgehead atoms. The highest BCUT2D eigenvalue weighted by molar-refractivity contribution is 5.72. The molecule has 1 aromatic carbocycles. The van der Waals surface area contributed by atoms with Crippen LogP contribution in [0.25, 0.3) is 0 Å². The summed E-state index contributed by atoms with van der Waals surface area (Å²) in [7, 11) is 0. The molecule has 1 aliphatic heterocycles. The lowest BCUT2D eigenvalue weighted by atomic mass is 10.0. The summed E-state index contributed by atoms with van der Waals surface area (Å²) in [6.07, 6.45) is -1.78. The molecule has 0 aliphatic carbocycles. The first kappa shape index (κ1) is 20.3. The minimum absolute atomic E-state index is 0.0606. The second-order valence-corrected chi connectivity index (χ2v) is 6.93. The van der Waals surface area contributed by atoms with Crippen LogP contribution < -0.4 is 5.32 Å². The number of aromatic nitrogens is 1. The van der Waals surface area contributed by atoms with Crippen molar-refractivity contribution in [3.63, 3.8) is 0 Å². The van der Waals surface area contributed by atoms with E-state index in [1.54, 1.807) is 12.1 Å². The van der Waals surface area contributed by atoms with Crippen molar-refractivity contribution in [2.45, 2.75) is 45.1 Å². The lowest BCUT2D eigenvalue weighted by molar-refractivity contribution is -0.138. The fraction of sp³-hybridized carbons (Fsp3) is 0.400. The Hall–Kier alpha value is -2.48. The van der Waals surface area contributed by atoms with Crippen molar-refractivity contribution in [3.05, 3.63) is 64.7 Å². The quantitative estimate of drug-likeness (QED) is 0.772. The van der Waals surface area contributed by atoms with Gasteiger partial charge in [0.25, 0.3) is 0 Å². The van der Waals surface area contributed by atoms with Crippen molar-refractivity contribution in [2.24, 2.45) is 0 Å². The van der Waals surface area contributed by atoms with E-state index in [0.717, 1.165) is 24.6 Å². The molecule has 1 N–H and O–H groups in total. The Kier molecular flexibility index (Phi) is 5.98. The number of halogens is 4. The van der Waals surface area contributed by atoms with Crippen LogP contribution in [0.5, 0.6) is 0 Å². The molecule has 1 fully saturated rings. The van der Waals surface area contributed by atoms with Crippen LogP contribution in [0.1, 0.15) is 48.2 Å². The van der Waals surface area contributed by atoms with Gasteiger partial charge < -0.3 is 5.32 Å². The molecule has 28 heavy (non-hydrogen) atoms. The predicted molar refractivity (Wildman–Crippen MR) is 95.5 cm³/mol. The normalized spacial score (nSPS) is 17.7. The summed E-state index contributed by atoms with van der Waals surface area (Å²) >= 11 is 0. The molecule has 2 heterocycles. The topological polar surface area (TPSA) is 45.2 Å². The standard InChI is InChI=1S/C20H21F4N3O/c1-13(28)25-10-15-11-26-18(9-17(15)20(22,23)24)19-3-2-8-27(19)12-14-4-6-16(21)7-5-14/h4-7,9,11,19H,2-3,8,10,12H2,1H3,(H,25,28)/t19-/m0/s1. The first-order valence-electron chi connectivity index (χ1n) is 9.03. The molecule has 4 nitrogen and oxygen atoms in total. The zero-order valence-corrected chi connectivity index (χ0v) is 15.4. The van der Waals surface area contributed by atoms with Crippen molar-refractivity contribution < 1.29 is 22.4 Å². The smallest absolute Gasteiger partial charge is 0.352 e. The minimum Gasteiger partial charge on any atom is -0.352 e. The van der Waals surface area contributed by atoms with E-state index in [-0.39, 0.29) is 24.0 Å². The third-order valence-electron chi connectivity index (χ3n) is 4.84. The Morgan fingerprint density at radius 1 is 1.29 bits per heavy atom. The Balaban J connectivity index is 1.84. The van der Waals surface area contributed by atoms with Gasteiger partial charge in [-0.25, -0.2) is 4.39 Å². The lowest BCUT2D eigenvalue weighted by Gasteiger charge is -2.25. The van der Waals surface area contributed by atoms with Gasteiger partial charge in [-0.05, 0) is 43.1 Å². The fourth-order valence-electron chi connectivity index (χ4n) is 3.48. The van der Waals surface area contributed by atoms with Gasteiger partial charge in [0.15, 0.2) is 0 Å². The van der Waals surface area contributed by atoms with Crippen LogP contribution in [0, 0.1) is 5.82 Å². The molecular formula is C20H21F4N3O. The molecule has 1 saturated heterocycles. The number of rotatable bonds is 5. The molecule has 3 rings (SSSR count). The number of alkyl halides is 3. The number of hydrogen-bond acceptors (Lipinski definition) is 3. The maximum Gasteiger partial charge on any atom is 0.416 e. The maximum atomic E-state index is 13.5. The van der Waals surface area contributed by atoms with E-state index in [1.807, 2.05) is 0 Å². The third-order valence-corrected chi connectivity index (χ3v) is 4.84. The minimum atomic E-state index is -4.54. The molecular weight excluding hydrogens is 374 g/mol. The predicted octanol–water partition coefficient (Wildman–Crippen LogP) is 4.21. The molecule has 1 amide bonds. The van der Waals surface area contributed by atoms with E-state index in [4.69, 9.17) is 0 Å². The molecule has 2 aromatic rings. The summed E-state index contributed by atoms with van der Waals surface area (Å²) in [6.45, 7) is 2.28. The SMILES string of the molecule is CC(=O)NCc1cnc([C@@H]2CCCN2Cc2ccc(F)cc2)cc1C(F)(F)F. The number of likely N-dealkylation sites (tertiary alicyclic amines) is 1. The van der Waals surface area contributed by atoms with Crippen molar-refractivity contribution in [1.82, 2.24) is 15.2 Å². The highest BCUT2D eigenvalue weighted by Gasteiger charge is 2.36. The number of pyridine rings is 1. The summed E-state index contributed by atoms with van der Waals surface area (Å²) in [4.78, 5) is 17.4. The van der Waals surface area contributed by atoms with Gasteiger partial charge in [-0.2, -0.15) is 13.2 Å². The van der Waals surface area contributed by atoms with Gasteiger partial charge >= 0.3 is 6.18 Å². The Labute approximate surface area is 160 Å². The van der Waals surface area contributed by atoms with Crippen LogP contribution in [0.2, 0.25) is 0 Å². The molecule has 150 valence electrons. The van der Waals surface area contributed by atoms with Crippen LogP contribution in [0.3, 0.4) is 0 Å². The Morgan fingerprint density at radius 2 is 2.00 bits per heavy atom. The van der Waals surface area contributed by atoms with Crippen LogP contribution in [-0.2, 0) is 24.1 Å². The Bertz CT molecular complexity index is 836. The molecule has 0 radical (unpaired) electrons. The average molecular weight is 395 g/mol. The van der Waals surface area contributed by atoms with Crippen molar-refractivity contribution in [3.8, 4) is 0 Å². The second kappa shape index (κ2) is 8.26. The molecule has 1 aromatic heterocycles. The van der Waals surface area contributed by atoms with Crippen molar-refractivity contribution in [2.75, 3.05) is 6.54 Å². The highest BCUT2D eigenvalue weighted by atomic mass is 19.4. The second-order valence-electron chi connectivity index (χ2n) is 6.93. The summed E-state index contributed by atoms with van der Waals surface area (Å²) < 4.78 is 53.7. The van der Waals surface area contributed by atoms with Gasteiger partial charge in [0, 0.05) is 31.8 Å². The first-order valence-corrected chi connectivity index (χ1v) is 9.03. The summed E-state index contributed by atoms with van der Waals surface area (Å²) in [5.74, 6) is -0.730. The van der Waals surface area contributed by atoms with E-state index in [1.165, 1.54) is 25.3 Å². The van der Waals surface area contributed by atoms with E-state index in [2.05, 4.69) is 15.2 Å². The number of hydrogen-bond donors (Lipinski definition) is 1. The zero-order chi connectivity index (χ0) is 20.3. The summed E-state index contributed by atoms with van der Waals surface area (Å²) in [6, 6.07) is 6.95. The monoisotopic (exact) mass is 395 g/mol. The van der Waals surface area contributed by atoms with Crippen LogP contribution in [0.4, 0.5) is 17.6 Å². The van der Waals surface area contributed by atoms with E-state index >= 15 is 0 Å². The number of nitrogens with zero attached hydrogens (tertiary/aromatic N) is 2. The number of carbonyl (C=O) groups is 1. The van der Waals surface area contributed by atoms with Gasteiger partial charge in [0.05, 0.1) is 17.3 Å². The highest BCUT2D eigenvalue weighted by Crippen LogP contribution is 2.37. The number of benzene rings is 1. The molecule has 0 spiro atoms. The van der Waals surface area contributed by atoms with Crippen LogP contribution in [-0.4, -0.2) is 22.3 Å². The van der Waals surface area contributed by atoms with Gasteiger partial charge in [-0.3, -0.25) is 14.7 Å². The molecule has 0 unspecified atom stereocenters. The van der Waals surface area contributed by atoms with Crippen LogP contribution in [0.15, 0.2) is 36.5 Å².